The summed E-state index contributed by atoms with van der Waals surface area (Å²) in [5.74, 6) is -4.39. The molecule has 0 saturated heterocycles. The number of aromatic nitrogens is 3. The molecule has 0 bridgehead atoms. The van der Waals surface area contributed by atoms with Gasteiger partial charge < -0.3 is 9.84 Å². The minimum atomic E-state index is -4.00. The van der Waals surface area contributed by atoms with Gasteiger partial charge in [-0.15, -0.1) is 10.2 Å². The maximum Gasteiger partial charge on any atom is 0.268 e. The van der Waals surface area contributed by atoms with Gasteiger partial charge in [0.2, 0.25) is 0 Å². The van der Waals surface area contributed by atoms with Crippen LogP contribution in [0.15, 0.2) is 33.7 Å². The number of nitrogens with zero attached hydrogens (tertiary/aromatic N) is 3. The van der Waals surface area contributed by atoms with Crippen molar-refractivity contribution in [3.63, 3.8) is 0 Å². The average Bonchev–Trinajstić information content (AvgIpc) is 2.96. The van der Waals surface area contributed by atoms with E-state index in [0.717, 1.165) is 12.1 Å². The highest BCUT2D eigenvalue weighted by molar-refractivity contribution is 7.92. The number of anilines is 3. The van der Waals surface area contributed by atoms with E-state index in [0.29, 0.717) is 0 Å². The van der Waals surface area contributed by atoms with Crippen LogP contribution in [0.5, 0.6) is 0 Å². The standard InChI is InChI=1S/C15H12F3N5O3S/c1-7-15(8(2)26-22-7)27(24,25)23-12-6-5-11(20-21-12)19-10-4-3-9(16)13(17)14(10)18/h3-6H,1-2H3,(H,19,20)(H,21,23). The van der Waals surface area contributed by atoms with Crippen LogP contribution >= 0.6 is 0 Å². The zero-order chi connectivity index (χ0) is 19.8. The molecule has 0 aliphatic carbocycles. The first-order chi connectivity index (χ1) is 12.7. The van der Waals surface area contributed by atoms with Crippen LogP contribution in [0.4, 0.5) is 30.5 Å². The molecule has 12 heteroatoms. The van der Waals surface area contributed by atoms with Gasteiger partial charge in [0.1, 0.15) is 5.69 Å². The summed E-state index contributed by atoms with van der Waals surface area (Å²) in [5, 5.41) is 13.3. The summed E-state index contributed by atoms with van der Waals surface area (Å²) in [7, 11) is -4.00. The SMILES string of the molecule is Cc1noc(C)c1S(=O)(=O)Nc1ccc(Nc2ccc(F)c(F)c2F)nn1. The Labute approximate surface area is 151 Å². The van der Waals surface area contributed by atoms with E-state index in [1.165, 1.54) is 26.0 Å². The van der Waals surface area contributed by atoms with E-state index < -0.39 is 27.5 Å². The molecule has 0 atom stereocenters. The third-order valence-corrected chi connectivity index (χ3v) is 5.04. The predicted molar refractivity (Wildman–Crippen MR) is 88.4 cm³/mol. The number of nitrogens with one attached hydrogen (secondary N) is 2. The first-order valence-electron chi connectivity index (χ1n) is 7.39. The summed E-state index contributed by atoms with van der Waals surface area (Å²) in [6, 6.07) is 4.27. The Morgan fingerprint density at radius 3 is 2.22 bits per heavy atom. The molecule has 27 heavy (non-hydrogen) atoms. The van der Waals surface area contributed by atoms with E-state index in [1.807, 2.05) is 0 Å². The van der Waals surface area contributed by atoms with Crippen molar-refractivity contribution in [2.24, 2.45) is 0 Å². The van der Waals surface area contributed by atoms with Crippen molar-refractivity contribution >= 4 is 27.3 Å². The number of hydrogen-bond donors (Lipinski definition) is 2. The molecule has 0 unspecified atom stereocenters. The average molecular weight is 399 g/mol. The lowest BCUT2D eigenvalue weighted by atomic mass is 10.3. The quantitative estimate of drug-likeness (QED) is 0.635. The zero-order valence-corrected chi connectivity index (χ0v) is 14.7. The van der Waals surface area contributed by atoms with Gasteiger partial charge in [0.15, 0.2) is 39.7 Å². The molecule has 0 amide bonds. The first-order valence-corrected chi connectivity index (χ1v) is 8.87. The van der Waals surface area contributed by atoms with Crippen LogP contribution in [-0.4, -0.2) is 23.8 Å². The van der Waals surface area contributed by atoms with Gasteiger partial charge in [-0.3, -0.25) is 4.72 Å². The number of halogens is 3. The van der Waals surface area contributed by atoms with Crippen LogP contribution in [0.25, 0.3) is 0 Å². The van der Waals surface area contributed by atoms with Crippen molar-refractivity contribution in [3.8, 4) is 0 Å². The zero-order valence-electron chi connectivity index (χ0n) is 13.9. The topological polar surface area (TPSA) is 110 Å². The first kappa shape index (κ1) is 18.6. The van der Waals surface area contributed by atoms with E-state index in [9.17, 15) is 21.6 Å². The van der Waals surface area contributed by atoms with E-state index in [1.54, 1.807) is 0 Å². The van der Waals surface area contributed by atoms with Gasteiger partial charge in [-0.05, 0) is 38.1 Å². The number of hydrogen-bond acceptors (Lipinski definition) is 7. The number of sulfonamides is 1. The minimum Gasteiger partial charge on any atom is -0.360 e. The lowest BCUT2D eigenvalue weighted by Crippen LogP contribution is -2.15. The predicted octanol–water partition coefficient (Wildman–Crippen LogP) is 3.04. The van der Waals surface area contributed by atoms with Crippen LogP contribution < -0.4 is 10.0 Å². The fraction of sp³-hybridized carbons (Fsp3) is 0.133. The number of benzene rings is 1. The van der Waals surface area contributed by atoms with Gasteiger partial charge >= 0.3 is 0 Å². The number of rotatable bonds is 5. The Morgan fingerprint density at radius 1 is 0.963 bits per heavy atom. The minimum absolute atomic E-state index is 0.0137. The Bertz CT molecular complexity index is 1080. The summed E-state index contributed by atoms with van der Waals surface area (Å²) < 4.78 is 71.6. The summed E-state index contributed by atoms with van der Waals surface area (Å²) >= 11 is 0. The maximum absolute atomic E-state index is 13.7. The van der Waals surface area contributed by atoms with Crippen LogP contribution in [0.2, 0.25) is 0 Å². The highest BCUT2D eigenvalue weighted by atomic mass is 32.2. The molecule has 0 spiro atoms. The smallest absolute Gasteiger partial charge is 0.268 e. The maximum atomic E-state index is 13.7. The Morgan fingerprint density at radius 2 is 1.63 bits per heavy atom. The molecule has 142 valence electrons. The molecule has 2 aromatic heterocycles. The molecule has 8 nitrogen and oxygen atoms in total. The second-order valence-corrected chi connectivity index (χ2v) is 7.03. The van der Waals surface area contributed by atoms with Crippen LogP contribution in [0.1, 0.15) is 11.5 Å². The van der Waals surface area contributed by atoms with Crippen molar-refractivity contribution in [3.05, 3.63) is 53.2 Å². The third kappa shape index (κ3) is 3.69. The van der Waals surface area contributed by atoms with E-state index in [4.69, 9.17) is 4.52 Å². The van der Waals surface area contributed by atoms with Gasteiger partial charge in [0.05, 0.1) is 5.69 Å². The highest BCUT2D eigenvalue weighted by Gasteiger charge is 2.24. The lowest BCUT2D eigenvalue weighted by molar-refractivity contribution is 0.390. The fourth-order valence-corrected chi connectivity index (χ4v) is 3.59. The van der Waals surface area contributed by atoms with Crippen molar-refractivity contribution in [1.29, 1.82) is 0 Å². The van der Waals surface area contributed by atoms with Gasteiger partial charge in [0, 0.05) is 0 Å². The monoisotopic (exact) mass is 399 g/mol. The molecular weight excluding hydrogens is 387 g/mol. The Balaban J connectivity index is 1.79. The normalized spacial score (nSPS) is 11.4. The van der Waals surface area contributed by atoms with Gasteiger partial charge in [-0.25, -0.2) is 21.6 Å². The van der Waals surface area contributed by atoms with Gasteiger partial charge in [-0.1, -0.05) is 5.16 Å². The molecule has 2 N–H and O–H groups in total. The third-order valence-electron chi connectivity index (χ3n) is 3.44. The summed E-state index contributed by atoms with van der Waals surface area (Å²) in [4.78, 5) is -0.115. The Kier molecular flexibility index (Phi) is 4.74. The van der Waals surface area contributed by atoms with E-state index in [2.05, 4.69) is 25.4 Å². The second kappa shape index (κ2) is 6.87. The van der Waals surface area contributed by atoms with Crippen LogP contribution in [-0.2, 0) is 10.0 Å². The molecule has 1 aromatic carbocycles. The largest absolute Gasteiger partial charge is 0.360 e. The van der Waals surface area contributed by atoms with Gasteiger partial charge in [-0.2, -0.15) is 0 Å². The van der Waals surface area contributed by atoms with Crippen LogP contribution in [0, 0.1) is 31.3 Å². The molecule has 0 aliphatic rings. The van der Waals surface area contributed by atoms with Crippen molar-refractivity contribution in [1.82, 2.24) is 15.4 Å². The molecule has 0 saturated carbocycles. The molecule has 0 aliphatic heterocycles. The summed E-state index contributed by atoms with van der Waals surface area (Å²) in [6.07, 6.45) is 0. The molecule has 0 radical (unpaired) electrons. The summed E-state index contributed by atoms with van der Waals surface area (Å²) in [5.41, 5.74) is -0.174. The number of aryl methyl sites for hydroxylation is 2. The molecule has 3 rings (SSSR count). The van der Waals surface area contributed by atoms with Crippen molar-refractivity contribution in [2.45, 2.75) is 18.7 Å². The van der Waals surface area contributed by atoms with Crippen molar-refractivity contribution < 1.29 is 26.1 Å². The van der Waals surface area contributed by atoms with Crippen molar-refractivity contribution in [2.75, 3.05) is 10.0 Å². The van der Waals surface area contributed by atoms with E-state index >= 15 is 0 Å². The molecule has 0 fully saturated rings. The fourth-order valence-electron chi connectivity index (χ4n) is 2.26. The lowest BCUT2D eigenvalue weighted by Gasteiger charge is -2.09. The second-order valence-electron chi connectivity index (χ2n) is 5.41. The summed E-state index contributed by atoms with van der Waals surface area (Å²) in [6.45, 7) is 2.92. The van der Waals surface area contributed by atoms with Gasteiger partial charge in [0.25, 0.3) is 10.0 Å². The van der Waals surface area contributed by atoms with Crippen LogP contribution in [0.3, 0.4) is 0 Å². The molecule has 3 aromatic rings. The highest BCUT2D eigenvalue weighted by Crippen LogP contribution is 2.24. The Hall–Kier alpha value is -3.15. The molecule has 2 heterocycles. The van der Waals surface area contributed by atoms with E-state index in [-0.39, 0.29) is 33.7 Å². The molecular formula is C15H12F3N5O3S.